The number of nitrogens with zero attached hydrogens (tertiary/aromatic N) is 2. The van der Waals surface area contributed by atoms with Crippen LogP contribution in [0.1, 0.15) is 79.1 Å². The average Bonchev–Trinajstić information content (AvgIpc) is 3.66. The first-order valence-electron chi connectivity index (χ1n) is 15.4. The first kappa shape index (κ1) is 32.3. The maximum absolute atomic E-state index is 12.2. The highest BCUT2D eigenvalue weighted by molar-refractivity contribution is 5.90. The number of amides is 2. The predicted octanol–water partition coefficient (Wildman–Crippen LogP) is 8.46. The van der Waals surface area contributed by atoms with Crippen LogP contribution in [0.4, 0.5) is 9.59 Å². The van der Waals surface area contributed by atoms with Gasteiger partial charge in [-0.15, -0.1) is 0 Å². The van der Waals surface area contributed by atoms with Gasteiger partial charge in [0.2, 0.25) is 0 Å². The third-order valence-electron chi connectivity index (χ3n) is 7.16. The van der Waals surface area contributed by atoms with E-state index in [1.807, 2.05) is 55.4 Å². The normalized spacial score (nSPS) is 13.2. The lowest BCUT2D eigenvalue weighted by molar-refractivity contribution is 0.0494. The smallest absolute Gasteiger partial charge is 0.408 e. The summed E-state index contributed by atoms with van der Waals surface area (Å²) in [4.78, 5) is 39.9. The molecular weight excluding hydrogens is 580 g/mol. The molecule has 2 atom stereocenters. The summed E-state index contributed by atoms with van der Waals surface area (Å²) in [5.74, 6) is 1.30. The van der Waals surface area contributed by atoms with Crippen molar-refractivity contribution in [2.75, 3.05) is 0 Å². The number of aromatic nitrogens is 4. The topological polar surface area (TPSA) is 134 Å². The molecule has 4 N–H and O–H groups in total. The van der Waals surface area contributed by atoms with E-state index in [4.69, 9.17) is 9.47 Å². The number of nitrogens with one attached hydrogen (secondary N) is 4. The van der Waals surface area contributed by atoms with Crippen LogP contribution in [0.25, 0.3) is 44.4 Å². The lowest BCUT2D eigenvalue weighted by Gasteiger charge is -2.21. The largest absolute Gasteiger partial charge is 0.444 e. The minimum Gasteiger partial charge on any atom is -0.444 e. The summed E-state index contributed by atoms with van der Waals surface area (Å²) >= 11 is 0. The lowest BCUT2D eigenvalue weighted by atomic mass is 9.98. The highest BCUT2D eigenvalue weighted by Gasteiger charge is 2.21. The molecule has 46 heavy (non-hydrogen) atoms. The number of fused-ring (bicyclic) bond motifs is 1. The molecule has 3 aromatic carbocycles. The number of rotatable bonds is 7. The Morgan fingerprint density at radius 2 is 1.00 bits per heavy atom. The standard InChI is InChI=1S/C36H42N6O4/c1-21(39-33(43)45-35(3,4)5)31-37-19-29(41-31)24-11-9-23(10-12-24)25-13-14-27-18-28(16-15-26(27)17-25)30-20-38-32(42-30)22(2)40-34(44)46-36(6,7)8/h9-22H,1-8H3,(H,37,41)(H,38,42)(H,39,43)(H,40,44). The van der Waals surface area contributed by atoms with Gasteiger partial charge in [0.1, 0.15) is 22.9 Å². The van der Waals surface area contributed by atoms with E-state index in [9.17, 15) is 9.59 Å². The molecule has 0 aliphatic rings. The van der Waals surface area contributed by atoms with E-state index in [0.29, 0.717) is 11.6 Å². The van der Waals surface area contributed by atoms with Crippen molar-refractivity contribution in [2.45, 2.75) is 78.7 Å². The maximum Gasteiger partial charge on any atom is 0.408 e. The van der Waals surface area contributed by atoms with Gasteiger partial charge in [-0.3, -0.25) is 0 Å². The van der Waals surface area contributed by atoms with Crippen LogP contribution in [0.2, 0.25) is 0 Å². The van der Waals surface area contributed by atoms with Crippen molar-refractivity contribution in [3.05, 3.63) is 84.7 Å². The highest BCUT2D eigenvalue weighted by Crippen LogP contribution is 2.30. The number of aromatic amines is 2. The van der Waals surface area contributed by atoms with Crippen molar-refractivity contribution < 1.29 is 19.1 Å². The van der Waals surface area contributed by atoms with Gasteiger partial charge < -0.3 is 30.1 Å². The van der Waals surface area contributed by atoms with Crippen LogP contribution in [0.15, 0.2) is 73.1 Å². The summed E-state index contributed by atoms with van der Waals surface area (Å²) in [7, 11) is 0. The third kappa shape index (κ3) is 8.12. The van der Waals surface area contributed by atoms with Gasteiger partial charge in [0.25, 0.3) is 0 Å². The minimum atomic E-state index is -0.569. The summed E-state index contributed by atoms with van der Waals surface area (Å²) in [5, 5.41) is 7.86. The Bertz CT molecular complexity index is 1840. The molecule has 2 heterocycles. The molecule has 0 radical (unpaired) electrons. The molecule has 0 saturated carbocycles. The van der Waals surface area contributed by atoms with E-state index >= 15 is 0 Å². The summed E-state index contributed by atoms with van der Waals surface area (Å²) < 4.78 is 10.7. The average molecular weight is 623 g/mol. The van der Waals surface area contributed by atoms with Crippen molar-refractivity contribution in [1.29, 1.82) is 0 Å². The summed E-state index contributed by atoms with van der Waals surface area (Å²) in [5.41, 5.74) is 4.79. The van der Waals surface area contributed by atoms with Gasteiger partial charge in [0.15, 0.2) is 0 Å². The van der Waals surface area contributed by atoms with E-state index in [1.54, 1.807) is 12.4 Å². The first-order valence-corrected chi connectivity index (χ1v) is 15.4. The van der Waals surface area contributed by atoms with Crippen LogP contribution < -0.4 is 10.6 Å². The fourth-order valence-corrected chi connectivity index (χ4v) is 4.95. The predicted molar refractivity (Wildman–Crippen MR) is 180 cm³/mol. The fraction of sp³-hybridized carbons (Fsp3) is 0.333. The van der Waals surface area contributed by atoms with Crippen LogP contribution >= 0.6 is 0 Å². The molecule has 10 nitrogen and oxygen atoms in total. The zero-order valence-electron chi connectivity index (χ0n) is 27.6. The van der Waals surface area contributed by atoms with E-state index in [0.717, 1.165) is 44.4 Å². The van der Waals surface area contributed by atoms with E-state index in [2.05, 4.69) is 91.2 Å². The minimum absolute atomic E-state index is 0.332. The second kappa shape index (κ2) is 12.7. The monoisotopic (exact) mass is 622 g/mol. The Labute approximate surface area is 269 Å². The van der Waals surface area contributed by atoms with Crippen molar-refractivity contribution in [2.24, 2.45) is 0 Å². The molecule has 0 aliphatic heterocycles. The Morgan fingerprint density at radius 1 is 0.609 bits per heavy atom. The molecule has 5 rings (SSSR count). The summed E-state index contributed by atoms with van der Waals surface area (Å²) in [6.07, 6.45) is 2.58. The molecule has 240 valence electrons. The number of benzene rings is 3. The van der Waals surface area contributed by atoms with E-state index in [-0.39, 0.29) is 12.1 Å². The fourth-order valence-electron chi connectivity index (χ4n) is 4.95. The number of hydrogen-bond donors (Lipinski definition) is 4. The second-order valence-electron chi connectivity index (χ2n) is 13.5. The van der Waals surface area contributed by atoms with Gasteiger partial charge in [0.05, 0.1) is 35.9 Å². The van der Waals surface area contributed by atoms with E-state index < -0.39 is 23.4 Å². The number of H-pyrrole nitrogens is 2. The molecule has 2 amide bonds. The van der Waals surface area contributed by atoms with Gasteiger partial charge in [0, 0.05) is 5.56 Å². The maximum atomic E-state index is 12.2. The van der Waals surface area contributed by atoms with Crippen molar-refractivity contribution >= 4 is 23.0 Å². The summed E-state index contributed by atoms with van der Waals surface area (Å²) in [6, 6.07) is 20.3. The highest BCUT2D eigenvalue weighted by atomic mass is 16.6. The zero-order chi connectivity index (χ0) is 33.2. The van der Waals surface area contributed by atoms with Crippen LogP contribution in [0, 0.1) is 0 Å². The van der Waals surface area contributed by atoms with Gasteiger partial charge >= 0.3 is 12.2 Å². The lowest BCUT2D eigenvalue weighted by Crippen LogP contribution is -2.34. The number of imidazole rings is 2. The van der Waals surface area contributed by atoms with Gasteiger partial charge in [-0.1, -0.05) is 48.5 Å². The quantitative estimate of drug-likeness (QED) is 0.144. The summed E-state index contributed by atoms with van der Waals surface area (Å²) in [6.45, 7) is 14.7. The molecule has 0 spiro atoms. The van der Waals surface area contributed by atoms with Crippen LogP contribution in [-0.4, -0.2) is 43.3 Å². The number of hydrogen-bond acceptors (Lipinski definition) is 6. The van der Waals surface area contributed by atoms with Gasteiger partial charge in [-0.25, -0.2) is 19.6 Å². The SMILES string of the molecule is CC(NC(=O)OC(C)(C)C)c1ncc(-c2ccc(-c3ccc4cc(-c5cnc(C(C)NC(=O)OC(C)(C)C)[nH]5)ccc4c3)cc2)[nH]1. The Hall–Kier alpha value is -5.12. The van der Waals surface area contributed by atoms with Crippen molar-refractivity contribution in [3.63, 3.8) is 0 Å². The third-order valence-corrected chi connectivity index (χ3v) is 7.16. The molecule has 0 saturated heterocycles. The molecule has 5 aromatic rings. The molecule has 0 fully saturated rings. The first-order chi connectivity index (χ1) is 21.6. The number of carbonyl (C=O) groups excluding carboxylic acids is 2. The Morgan fingerprint density at radius 3 is 1.48 bits per heavy atom. The van der Waals surface area contributed by atoms with Crippen LogP contribution in [-0.2, 0) is 9.47 Å². The Balaban J connectivity index is 1.25. The van der Waals surface area contributed by atoms with Gasteiger partial charge in [-0.05, 0) is 95.0 Å². The van der Waals surface area contributed by atoms with Crippen LogP contribution in [0.5, 0.6) is 0 Å². The molecular formula is C36H42N6O4. The van der Waals surface area contributed by atoms with Crippen molar-refractivity contribution in [1.82, 2.24) is 30.6 Å². The second-order valence-corrected chi connectivity index (χ2v) is 13.5. The molecule has 10 heteroatoms. The number of ether oxygens (including phenoxy) is 2. The zero-order valence-corrected chi connectivity index (χ0v) is 27.6. The number of carbonyl (C=O) groups is 2. The van der Waals surface area contributed by atoms with Crippen LogP contribution in [0.3, 0.4) is 0 Å². The molecule has 0 bridgehead atoms. The Kier molecular flexibility index (Phi) is 8.92. The molecule has 2 aromatic heterocycles. The number of alkyl carbamates (subject to hydrolysis) is 2. The molecule has 2 unspecified atom stereocenters. The molecule has 0 aliphatic carbocycles. The van der Waals surface area contributed by atoms with Crippen molar-refractivity contribution in [3.8, 4) is 33.6 Å². The van der Waals surface area contributed by atoms with Gasteiger partial charge in [-0.2, -0.15) is 0 Å². The van der Waals surface area contributed by atoms with E-state index in [1.165, 1.54) is 0 Å².